The van der Waals surface area contributed by atoms with E-state index in [0.29, 0.717) is 17.9 Å². The third-order valence-corrected chi connectivity index (χ3v) is 5.61. The summed E-state index contributed by atoms with van der Waals surface area (Å²) >= 11 is 1.64. The lowest BCUT2D eigenvalue weighted by molar-refractivity contribution is -0.146. The van der Waals surface area contributed by atoms with Crippen LogP contribution in [0.2, 0.25) is 0 Å². The molecular weight excluding hydrogens is 356 g/mol. The SMILES string of the molecule is CCOC(=O)C(C)CSc1c(-c2ccc(C#N)cc2)cnc2ccccc12. The molecule has 136 valence electrons. The molecule has 0 aliphatic heterocycles. The van der Waals surface area contributed by atoms with Crippen LogP contribution in [-0.4, -0.2) is 23.3 Å². The number of hydrogen-bond donors (Lipinski definition) is 0. The highest BCUT2D eigenvalue weighted by molar-refractivity contribution is 7.99. The van der Waals surface area contributed by atoms with E-state index in [4.69, 9.17) is 10.00 Å². The average molecular weight is 376 g/mol. The number of pyridine rings is 1. The van der Waals surface area contributed by atoms with E-state index in [2.05, 4.69) is 11.1 Å². The fourth-order valence-corrected chi connectivity index (χ4v) is 3.97. The first kappa shape index (κ1) is 18.9. The first-order chi connectivity index (χ1) is 13.1. The second-order valence-corrected chi connectivity index (χ2v) is 7.20. The summed E-state index contributed by atoms with van der Waals surface area (Å²) in [4.78, 5) is 17.6. The Morgan fingerprint density at radius 2 is 1.96 bits per heavy atom. The van der Waals surface area contributed by atoms with E-state index in [1.807, 2.05) is 56.4 Å². The van der Waals surface area contributed by atoms with Crippen molar-refractivity contribution in [2.45, 2.75) is 18.7 Å². The lowest BCUT2D eigenvalue weighted by Gasteiger charge is -2.15. The van der Waals surface area contributed by atoms with E-state index in [9.17, 15) is 4.79 Å². The fraction of sp³-hybridized carbons (Fsp3) is 0.227. The molecule has 4 nitrogen and oxygen atoms in total. The molecule has 0 N–H and O–H groups in total. The largest absolute Gasteiger partial charge is 0.466 e. The van der Waals surface area contributed by atoms with Crippen molar-refractivity contribution in [3.05, 3.63) is 60.3 Å². The average Bonchev–Trinajstić information content (AvgIpc) is 2.72. The van der Waals surface area contributed by atoms with E-state index >= 15 is 0 Å². The second-order valence-electron chi connectivity index (χ2n) is 6.17. The Labute approximate surface area is 163 Å². The summed E-state index contributed by atoms with van der Waals surface area (Å²) in [5.41, 5.74) is 3.54. The van der Waals surface area contributed by atoms with Gasteiger partial charge in [0.15, 0.2) is 0 Å². The topological polar surface area (TPSA) is 63.0 Å². The molecule has 27 heavy (non-hydrogen) atoms. The quantitative estimate of drug-likeness (QED) is 0.444. The first-order valence-corrected chi connectivity index (χ1v) is 9.80. The first-order valence-electron chi connectivity index (χ1n) is 8.81. The predicted molar refractivity (Wildman–Crippen MR) is 108 cm³/mol. The number of ether oxygens (including phenoxy) is 1. The van der Waals surface area contributed by atoms with Crippen LogP contribution in [0.1, 0.15) is 19.4 Å². The van der Waals surface area contributed by atoms with Crippen molar-refractivity contribution in [3.8, 4) is 17.2 Å². The third kappa shape index (κ3) is 4.29. The van der Waals surface area contributed by atoms with Gasteiger partial charge in [-0.05, 0) is 30.7 Å². The highest BCUT2D eigenvalue weighted by Crippen LogP contribution is 2.37. The number of aromatic nitrogens is 1. The van der Waals surface area contributed by atoms with Gasteiger partial charge in [-0.2, -0.15) is 5.26 Å². The highest BCUT2D eigenvalue weighted by atomic mass is 32.2. The number of carbonyl (C=O) groups excluding carboxylic acids is 1. The number of nitrogens with zero attached hydrogens (tertiary/aromatic N) is 2. The predicted octanol–water partition coefficient (Wildman–Crippen LogP) is 5.06. The Kier molecular flexibility index (Phi) is 6.10. The van der Waals surface area contributed by atoms with Crippen molar-refractivity contribution in [2.75, 3.05) is 12.4 Å². The molecule has 1 unspecified atom stereocenters. The van der Waals surface area contributed by atoms with Crippen LogP contribution in [0, 0.1) is 17.2 Å². The molecule has 1 atom stereocenters. The third-order valence-electron chi connectivity index (χ3n) is 4.22. The number of para-hydroxylation sites is 1. The fourth-order valence-electron chi connectivity index (χ4n) is 2.76. The van der Waals surface area contributed by atoms with Crippen molar-refractivity contribution in [3.63, 3.8) is 0 Å². The van der Waals surface area contributed by atoms with Gasteiger partial charge in [-0.15, -0.1) is 11.8 Å². The summed E-state index contributed by atoms with van der Waals surface area (Å²) in [6.45, 7) is 4.09. The molecule has 5 heteroatoms. The van der Waals surface area contributed by atoms with Gasteiger partial charge in [-0.25, -0.2) is 0 Å². The van der Waals surface area contributed by atoms with Crippen LogP contribution in [0.4, 0.5) is 0 Å². The van der Waals surface area contributed by atoms with Gasteiger partial charge in [0, 0.05) is 27.8 Å². The standard InChI is InChI=1S/C22H20N2O2S/c1-3-26-22(25)15(2)14-27-21-18-6-4-5-7-20(18)24-13-19(21)17-10-8-16(12-23)9-11-17/h4-11,13,15H,3,14H2,1-2H3. The molecule has 0 spiro atoms. The zero-order valence-corrected chi connectivity index (χ0v) is 16.1. The van der Waals surface area contributed by atoms with E-state index < -0.39 is 0 Å². The zero-order chi connectivity index (χ0) is 19.2. The van der Waals surface area contributed by atoms with Gasteiger partial charge in [0.2, 0.25) is 0 Å². The van der Waals surface area contributed by atoms with Crippen molar-refractivity contribution < 1.29 is 9.53 Å². The molecule has 0 bridgehead atoms. The molecule has 0 amide bonds. The van der Waals surface area contributed by atoms with Gasteiger partial charge in [-0.1, -0.05) is 37.3 Å². The minimum Gasteiger partial charge on any atom is -0.466 e. The van der Waals surface area contributed by atoms with Crippen molar-refractivity contribution in [2.24, 2.45) is 5.92 Å². The number of rotatable bonds is 6. The number of hydrogen-bond acceptors (Lipinski definition) is 5. The molecule has 0 aliphatic rings. The van der Waals surface area contributed by atoms with Gasteiger partial charge in [0.1, 0.15) is 0 Å². The van der Waals surface area contributed by atoms with Crippen LogP contribution in [0.25, 0.3) is 22.0 Å². The minimum absolute atomic E-state index is 0.178. The van der Waals surface area contributed by atoms with E-state index in [-0.39, 0.29) is 11.9 Å². The number of esters is 1. The van der Waals surface area contributed by atoms with Crippen LogP contribution in [0.3, 0.4) is 0 Å². The number of benzene rings is 2. The maximum Gasteiger partial charge on any atom is 0.309 e. The summed E-state index contributed by atoms with van der Waals surface area (Å²) in [6.07, 6.45) is 1.86. The molecule has 0 aliphatic carbocycles. The number of fused-ring (bicyclic) bond motifs is 1. The minimum atomic E-state index is -0.198. The van der Waals surface area contributed by atoms with Crippen LogP contribution in [-0.2, 0) is 9.53 Å². The molecule has 1 heterocycles. The van der Waals surface area contributed by atoms with Crippen molar-refractivity contribution in [1.29, 1.82) is 5.26 Å². The molecule has 0 fully saturated rings. The molecule has 3 rings (SSSR count). The number of carbonyl (C=O) groups is 1. The molecule has 0 radical (unpaired) electrons. The second kappa shape index (κ2) is 8.70. The van der Waals surface area contributed by atoms with Crippen LogP contribution < -0.4 is 0 Å². The maximum absolute atomic E-state index is 12.0. The van der Waals surface area contributed by atoms with E-state index in [1.54, 1.807) is 23.9 Å². The van der Waals surface area contributed by atoms with Crippen LogP contribution in [0.15, 0.2) is 59.6 Å². The summed E-state index contributed by atoms with van der Waals surface area (Å²) in [7, 11) is 0. The molecular formula is C22H20N2O2S. The number of nitriles is 1. The van der Waals surface area contributed by atoms with E-state index in [1.165, 1.54) is 0 Å². The molecule has 3 aromatic rings. The van der Waals surface area contributed by atoms with Gasteiger partial charge in [0.25, 0.3) is 0 Å². The lowest BCUT2D eigenvalue weighted by Crippen LogP contribution is -2.16. The summed E-state index contributed by atoms with van der Waals surface area (Å²) in [6, 6.07) is 17.6. The smallest absolute Gasteiger partial charge is 0.309 e. The Hall–Kier alpha value is -2.84. The normalized spacial score (nSPS) is 11.7. The van der Waals surface area contributed by atoms with E-state index in [0.717, 1.165) is 26.9 Å². The Balaban J connectivity index is 1.99. The Bertz CT molecular complexity index is 993. The summed E-state index contributed by atoms with van der Waals surface area (Å²) in [5.74, 6) is 0.245. The van der Waals surface area contributed by atoms with Crippen LogP contribution >= 0.6 is 11.8 Å². The van der Waals surface area contributed by atoms with Crippen molar-refractivity contribution in [1.82, 2.24) is 4.98 Å². The highest BCUT2D eigenvalue weighted by Gasteiger charge is 2.17. The van der Waals surface area contributed by atoms with Gasteiger partial charge < -0.3 is 4.74 Å². The molecule has 1 aromatic heterocycles. The molecule has 2 aromatic carbocycles. The van der Waals surface area contributed by atoms with Crippen molar-refractivity contribution >= 4 is 28.6 Å². The Morgan fingerprint density at radius 1 is 1.22 bits per heavy atom. The Morgan fingerprint density at radius 3 is 2.67 bits per heavy atom. The van der Waals surface area contributed by atoms with Gasteiger partial charge in [-0.3, -0.25) is 9.78 Å². The lowest BCUT2D eigenvalue weighted by atomic mass is 10.0. The summed E-state index contributed by atoms with van der Waals surface area (Å²) in [5, 5.41) is 10.1. The maximum atomic E-state index is 12.0. The number of thioether (sulfide) groups is 1. The summed E-state index contributed by atoms with van der Waals surface area (Å²) < 4.78 is 5.12. The molecule has 0 saturated heterocycles. The van der Waals surface area contributed by atoms with Gasteiger partial charge in [0.05, 0.1) is 29.7 Å². The van der Waals surface area contributed by atoms with Gasteiger partial charge >= 0.3 is 5.97 Å². The zero-order valence-electron chi connectivity index (χ0n) is 15.3. The monoisotopic (exact) mass is 376 g/mol. The van der Waals surface area contributed by atoms with Crippen LogP contribution in [0.5, 0.6) is 0 Å². The molecule has 0 saturated carbocycles.